The lowest BCUT2D eigenvalue weighted by Gasteiger charge is -2.26. The molecule has 8 heteroatoms. The molecule has 1 aliphatic heterocycles. The van der Waals surface area contributed by atoms with Crippen molar-refractivity contribution >= 4 is 37.5 Å². The topological polar surface area (TPSA) is 75.7 Å². The van der Waals surface area contributed by atoms with Gasteiger partial charge in [-0.05, 0) is 71.6 Å². The largest absolute Gasteiger partial charge is 0.483 e. The first-order valence-corrected chi connectivity index (χ1v) is 11.4. The van der Waals surface area contributed by atoms with Crippen LogP contribution in [0.25, 0.3) is 0 Å². The molecule has 3 rings (SSSR count). The third-order valence-corrected chi connectivity index (χ3v) is 7.03. The number of aryl methyl sites for hydroxylation is 1. The summed E-state index contributed by atoms with van der Waals surface area (Å²) in [6, 6.07) is 11.9. The molecule has 1 amide bonds. The predicted molar refractivity (Wildman–Crippen MR) is 112 cm³/mol. The van der Waals surface area contributed by atoms with E-state index in [0.29, 0.717) is 24.5 Å². The molecule has 1 aliphatic rings. The Morgan fingerprint density at radius 1 is 1.14 bits per heavy atom. The van der Waals surface area contributed by atoms with Crippen LogP contribution in [0.5, 0.6) is 5.75 Å². The Bertz CT molecular complexity index is 956. The summed E-state index contributed by atoms with van der Waals surface area (Å²) in [5, 5.41) is 2.70. The van der Waals surface area contributed by atoms with Crippen LogP contribution in [0.1, 0.15) is 24.8 Å². The monoisotopic (exact) mass is 466 g/mol. The fourth-order valence-corrected chi connectivity index (χ4v) is 5.22. The van der Waals surface area contributed by atoms with Gasteiger partial charge in [0.15, 0.2) is 6.61 Å². The van der Waals surface area contributed by atoms with Gasteiger partial charge in [0.2, 0.25) is 10.0 Å². The Hall–Kier alpha value is -1.90. The number of halogens is 1. The lowest BCUT2D eigenvalue weighted by molar-refractivity contribution is -0.118. The summed E-state index contributed by atoms with van der Waals surface area (Å²) >= 11 is 3.41. The van der Waals surface area contributed by atoms with Crippen LogP contribution in [-0.2, 0) is 14.8 Å². The molecule has 0 bridgehead atoms. The minimum absolute atomic E-state index is 0.176. The molecule has 0 aromatic heterocycles. The van der Waals surface area contributed by atoms with Gasteiger partial charge in [0.1, 0.15) is 5.75 Å². The molecule has 2 aromatic carbocycles. The summed E-state index contributed by atoms with van der Waals surface area (Å²) in [6.07, 6.45) is 2.81. The molecule has 0 aliphatic carbocycles. The van der Waals surface area contributed by atoms with Crippen LogP contribution in [-0.4, -0.2) is 38.3 Å². The lowest BCUT2D eigenvalue weighted by Crippen LogP contribution is -2.35. The number of piperidine rings is 1. The molecular weight excluding hydrogens is 444 g/mol. The number of sulfonamides is 1. The zero-order valence-electron chi connectivity index (χ0n) is 15.7. The molecule has 1 N–H and O–H groups in total. The maximum absolute atomic E-state index is 12.8. The van der Waals surface area contributed by atoms with E-state index in [1.165, 1.54) is 10.4 Å². The zero-order valence-corrected chi connectivity index (χ0v) is 18.1. The minimum atomic E-state index is -3.54. The van der Waals surface area contributed by atoms with Gasteiger partial charge in [-0.15, -0.1) is 0 Å². The molecule has 1 fully saturated rings. The second-order valence-electron chi connectivity index (χ2n) is 6.76. The molecule has 2 aromatic rings. The Balaban J connectivity index is 1.64. The Morgan fingerprint density at radius 3 is 2.61 bits per heavy atom. The van der Waals surface area contributed by atoms with Gasteiger partial charge >= 0.3 is 0 Å². The van der Waals surface area contributed by atoms with E-state index >= 15 is 0 Å². The third kappa shape index (κ3) is 5.12. The number of hydrogen-bond donors (Lipinski definition) is 1. The van der Waals surface area contributed by atoms with E-state index < -0.39 is 10.0 Å². The standard InChI is InChI=1S/C20H23BrN2O4S/c1-15-8-9-19(18(21)12-15)27-14-20(24)22-16-6-5-7-17(13-16)28(25,26)23-10-3-2-4-11-23/h5-9,12-13H,2-4,10-11,14H2,1H3,(H,22,24). The van der Waals surface area contributed by atoms with Gasteiger partial charge in [-0.2, -0.15) is 4.31 Å². The molecule has 1 saturated heterocycles. The van der Waals surface area contributed by atoms with E-state index in [2.05, 4.69) is 21.2 Å². The fourth-order valence-electron chi connectivity index (χ4n) is 3.05. The van der Waals surface area contributed by atoms with E-state index in [9.17, 15) is 13.2 Å². The second-order valence-corrected chi connectivity index (χ2v) is 9.56. The summed E-state index contributed by atoms with van der Waals surface area (Å²) in [5.74, 6) is 0.210. The van der Waals surface area contributed by atoms with Crippen molar-refractivity contribution in [1.82, 2.24) is 4.31 Å². The van der Waals surface area contributed by atoms with Gasteiger partial charge in [0.25, 0.3) is 5.91 Å². The first-order valence-electron chi connectivity index (χ1n) is 9.15. The lowest BCUT2D eigenvalue weighted by atomic mass is 10.2. The summed E-state index contributed by atoms with van der Waals surface area (Å²) in [5.41, 5.74) is 1.50. The number of carbonyl (C=O) groups excluding carboxylic acids is 1. The number of anilines is 1. The SMILES string of the molecule is Cc1ccc(OCC(=O)Nc2cccc(S(=O)(=O)N3CCCCC3)c2)c(Br)c1. The number of amides is 1. The maximum Gasteiger partial charge on any atom is 0.262 e. The van der Waals surface area contributed by atoms with E-state index in [0.717, 1.165) is 29.3 Å². The van der Waals surface area contributed by atoms with Crippen LogP contribution in [0.2, 0.25) is 0 Å². The number of hydrogen-bond acceptors (Lipinski definition) is 4. The van der Waals surface area contributed by atoms with Crippen LogP contribution in [0.3, 0.4) is 0 Å². The van der Waals surface area contributed by atoms with Gasteiger partial charge in [-0.3, -0.25) is 4.79 Å². The van der Waals surface area contributed by atoms with E-state index in [1.54, 1.807) is 24.3 Å². The molecule has 150 valence electrons. The van der Waals surface area contributed by atoms with Gasteiger partial charge in [0, 0.05) is 18.8 Å². The van der Waals surface area contributed by atoms with E-state index in [4.69, 9.17) is 4.74 Å². The zero-order chi connectivity index (χ0) is 20.1. The van der Waals surface area contributed by atoms with E-state index in [1.807, 2.05) is 19.1 Å². The first kappa shape index (κ1) is 20.8. The molecule has 28 heavy (non-hydrogen) atoms. The van der Waals surface area contributed by atoms with Crippen molar-refractivity contribution in [3.63, 3.8) is 0 Å². The number of rotatable bonds is 6. The summed E-state index contributed by atoms with van der Waals surface area (Å²) in [7, 11) is -3.54. The Morgan fingerprint density at radius 2 is 1.89 bits per heavy atom. The van der Waals surface area contributed by atoms with Crippen molar-refractivity contribution in [3.8, 4) is 5.75 Å². The average molecular weight is 467 g/mol. The smallest absolute Gasteiger partial charge is 0.262 e. The van der Waals surface area contributed by atoms with Crippen molar-refractivity contribution in [2.45, 2.75) is 31.1 Å². The number of benzene rings is 2. The molecule has 0 spiro atoms. The van der Waals surface area contributed by atoms with Crippen molar-refractivity contribution in [3.05, 3.63) is 52.5 Å². The summed E-state index contributed by atoms with van der Waals surface area (Å²) < 4.78 is 33.4. The molecular formula is C20H23BrN2O4S. The van der Waals surface area contributed by atoms with Crippen molar-refractivity contribution in [2.24, 2.45) is 0 Å². The van der Waals surface area contributed by atoms with Crippen molar-refractivity contribution < 1.29 is 17.9 Å². The quantitative estimate of drug-likeness (QED) is 0.698. The molecule has 1 heterocycles. The molecule has 0 atom stereocenters. The van der Waals surface area contributed by atoms with Gasteiger partial charge < -0.3 is 10.1 Å². The summed E-state index contributed by atoms with van der Waals surface area (Å²) in [4.78, 5) is 12.4. The number of nitrogens with one attached hydrogen (secondary N) is 1. The van der Waals surface area contributed by atoms with Gasteiger partial charge in [-0.25, -0.2) is 8.42 Å². The fraction of sp³-hybridized carbons (Fsp3) is 0.350. The summed E-state index contributed by atoms with van der Waals surface area (Å²) in [6.45, 7) is 2.87. The van der Waals surface area contributed by atoms with Crippen LogP contribution in [0, 0.1) is 6.92 Å². The van der Waals surface area contributed by atoms with Crippen LogP contribution in [0.15, 0.2) is 51.8 Å². The third-order valence-electron chi connectivity index (χ3n) is 4.52. The normalized spacial score (nSPS) is 15.2. The molecule has 0 unspecified atom stereocenters. The molecule has 0 saturated carbocycles. The van der Waals surface area contributed by atoms with Gasteiger partial charge in [0.05, 0.1) is 9.37 Å². The van der Waals surface area contributed by atoms with Crippen molar-refractivity contribution in [1.29, 1.82) is 0 Å². The Kier molecular flexibility index (Phi) is 6.74. The number of nitrogens with zero attached hydrogens (tertiary/aromatic N) is 1. The predicted octanol–water partition coefficient (Wildman–Crippen LogP) is 3.95. The Labute approximate surface area is 174 Å². The number of carbonyl (C=O) groups is 1. The second kappa shape index (κ2) is 9.07. The molecule has 6 nitrogen and oxygen atoms in total. The van der Waals surface area contributed by atoms with E-state index in [-0.39, 0.29) is 17.4 Å². The first-order chi connectivity index (χ1) is 13.4. The highest BCUT2D eigenvalue weighted by atomic mass is 79.9. The highest BCUT2D eigenvalue weighted by Gasteiger charge is 2.26. The highest BCUT2D eigenvalue weighted by Crippen LogP contribution is 2.26. The minimum Gasteiger partial charge on any atom is -0.483 e. The highest BCUT2D eigenvalue weighted by molar-refractivity contribution is 9.10. The van der Waals surface area contributed by atoms with Crippen LogP contribution >= 0.6 is 15.9 Å². The van der Waals surface area contributed by atoms with Crippen LogP contribution in [0.4, 0.5) is 5.69 Å². The van der Waals surface area contributed by atoms with Gasteiger partial charge in [-0.1, -0.05) is 18.6 Å². The number of ether oxygens (including phenoxy) is 1. The van der Waals surface area contributed by atoms with Crippen LogP contribution < -0.4 is 10.1 Å². The maximum atomic E-state index is 12.8. The molecule has 0 radical (unpaired) electrons. The average Bonchev–Trinajstić information content (AvgIpc) is 2.68. The van der Waals surface area contributed by atoms with Crippen molar-refractivity contribution in [2.75, 3.05) is 25.0 Å².